The molecule has 0 radical (unpaired) electrons. The van der Waals surface area contributed by atoms with Crippen molar-refractivity contribution in [2.24, 2.45) is 17.8 Å². The van der Waals surface area contributed by atoms with E-state index < -0.39 is 5.82 Å². The van der Waals surface area contributed by atoms with E-state index in [0.29, 0.717) is 46.8 Å². The minimum absolute atomic E-state index is 0.142. The molecule has 1 saturated carbocycles. The Bertz CT molecular complexity index is 1230. The summed E-state index contributed by atoms with van der Waals surface area (Å²) in [7, 11) is 1.60. The third kappa shape index (κ3) is 4.86. The molecule has 5 rings (SSSR count). The quantitative estimate of drug-likeness (QED) is 0.356. The smallest absolute Gasteiger partial charge is 0.166 e. The molecule has 2 aliphatic rings. The van der Waals surface area contributed by atoms with Crippen LogP contribution in [0.15, 0.2) is 30.6 Å². The number of rotatable bonds is 7. The maximum atomic E-state index is 14.6. The van der Waals surface area contributed by atoms with Gasteiger partial charge in [0.15, 0.2) is 17.3 Å². The second kappa shape index (κ2) is 9.96. The maximum Gasteiger partial charge on any atom is 0.166 e. The first-order valence-electron chi connectivity index (χ1n) is 11.9. The van der Waals surface area contributed by atoms with Gasteiger partial charge in [-0.3, -0.25) is 0 Å². The van der Waals surface area contributed by atoms with Crippen molar-refractivity contribution in [2.45, 2.75) is 32.7 Å². The van der Waals surface area contributed by atoms with Crippen LogP contribution in [0.3, 0.4) is 0 Å². The fourth-order valence-electron chi connectivity index (χ4n) is 5.41. The van der Waals surface area contributed by atoms with Crippen LogP contribution in [-0.2, 0) is 0 Å². The maximum absolute atomic E-state index is 14.6. The molecule has 2 atom stereocenters. The molecule has 2 aromatic carbocycles. The molecule has 9 heteroatoms. The Morgan fingerprint density at radius 1 is 1.11 bits per heavy atom. The summed E-state index contributed by atoms with van der Waals surface area (Å²) >= 11 is 11.9. The van der Waals surface area contributed by atoms with Crippen LogP contribution in [0.25, 0.3) is 10.9 Å². The van der Waals surface area contributed by atoms with E-state index in [1.807, 2.05) is 12.1 Å². The molecule has 1 aromatic heterocycles. The second-order valence-electron chi connectivity index (χ2n) is 9.81. The van der Waals surface area contributed by atoms with Gasteiger partial charge in [0.05, 0.1) is 35.0 Å². The van der Waals surface area contributed by atoms with Crippen molar-refractivity contribution < 1.29 is 13.9 Å². The van der Waals surface area contributed by atoms with Crippen LogP contribution in [0.1, 0.15) is 26.7 Å². The standard InChI is InChI=1S/C26H29Cl2FN4O2/c1-14(2)33-10-16-6-15(7-17(16)11-33)12-35-23-9-21-18(8-22(23)34-3)26(31-13-30-21)32-20-5-4-19(27)24(28)25(20)29/h4-5,8-9,13-17H,6-7,10-12H2,1-3H3,(H,30,31,32). The highest BCUT2D eigenvalue weighted by Crippen LogP contribution is 2.43. The predicted octanol–water partition coefficient (Wildman–Crippen LogP) is 6.57. The van der Waals surface area contributed by atoms with Gasteiger partial charge >= 0.3 is 0 Å². The van der Waals surface area contributed by atoms with Gasteiger partial charge in [-0.25, -0.2) is 14.4 Å². The van der Waals surface area contributed by atoms with Crippen molar-refractivity contribution in [3.8, 4) is 11.5 Å². The van der Waals surface area contributed by atoms with Gasteiger partial charge in [-0.2, -0.15) is 0 Å². The summed E-state index contributed by atoms with van der Waals surface area (Å²) in [6.07, 6.45) is 3.83. The number of hydrogen-bond donors (Lipinski definition) is 1. The zero-order valence-electron chi connectivity index (χ0n) is 20.0. The van der Waals surface area contributed by atoms with Gasteiger partial charge < -0.3 is 19.7 Å². The number of hydrogen-bond acceptors (Lipinski definition) is 6. The number of nitrogens with zero attached hydrogens (tertiary/aromatic N) is 3. The molecule has 1 N–H and O–H groups in total. The molecule has 0 spiro atoms. The lowest BCUT2D eigenvalue weighted by Gasteiger charge is -2.22. The highest BCUT2D eigenvalue weighted by Gasteiger charge is 2.41. The topological polar surface area (TPSA) is 59.5 Å². The Labute approximate surface area is 214 Å². The lowest BCUT2D eigenvalue weighted by atomic mass is 10.0. The first kappa shape index (κ1) is 24.3. The Hall–Kier alpha value is -2.35. The molecule has 6 nitrogen and oxygen atoms in total. The van der Waals surface area contributed by atoms with Crippen LogP contribution < -0.4 is 14.8 Å². The van der Waals surface area contributed by atoms with Crippen molar-refractivity contribution in [2.75, 3.05) is 32.1 Å². The first-order chi connectivity index (χ1) is 16.8. The Morgan fingerprint density at radius 3 is 2.54 bits per heavy atom. The Balaban J connectivity index is 1.32. The molecule has 186 valence electrons. The number of halogens is 3. The molecule has 1 aliphatic heterocycles. The molecule has 0 amide bonds. The molecule has 2 unspecified atom stereocenters. The summed E-state index contributed by atoms with van der Waals surface area (Å²) in [5, 5.41) is 3.67. The molecule has 2 heterocycles. The fraction of sp³-hybridized carbons (Fsp3) is 0.462. The molecular formula is C26H29Cl2FN4O2. The summed E-state index contributed by atoms with van der Waals surface area (Å²) < 4.78 is 26.5. The van der Waals surface area contributed by atoms with Crippen LogP contribution in [0.2, 0.25) is 10.0 Å². The van der Waals surface area contributed by atoms with E-state index >= 15 is 0 Å². The van der Waals surface area contributed by atoms with Gasteiger partial charge in [-0.15, -0.1) is 0 Å². The lowest BCUT2D eigenvalue weighted by molar-refractivity contribution is 0.209. The molecule has 0 bridgehead atoms. The predicted molar refractivity (Wildman–Crippen MR) is 138 cm³/mol. The van der Waals surface area contributed by atoms with Gasteiger partial charge in [0.1, 0.15) is 12.1 Å². The highest BCUT2D eigenvalue weighted by molar-refractivity contribution is 6.42. The van der Waals surface area contributed by atoms with Crippen LogP contribution >= 0.6 is 23.2 Å². The molecule has 2 fully saturated rings. The number of nitrogens with one attached hydrogen (secondary N) is 1. The molecular weight excluding hydrogens is 490 g/mol. The Morgan fingerprint density at radius 2 is 1.86 bits per heavy atom. The zero-order chi connectivity index (χ0) is 24.7. The van der Waals surface area contributed by atoms with Gasteiger partial charge in [-0.1, -0.05) is 23.2 Å². The second-order valence-corrected chi connectivity index (χ2v) is 10.6. The first-order valence-corrected chi connectivity index (χ1v) is 12.7. The highest BCUT2D eigenvalue weighted by atomic mass is 35.5. The van der Waals surface area contributed by atoms with E-state index in [4.69, 9.17) is 32.7 Å². The van der Waals surface area contributed by atoms with E-state index in [0.717, 1.165) is 11.8 Å². The molecule has 1 saturated heterocycles. The van der Waals surface area contributed by atoms with E-state index in [9.17, 15) is 4.39 Å². The van der Waals surface area contributed by atoms with Crippen LogP contribution in [0.4, 0.5) is 15.9 Å². The van der Waals surface area contributed by atoms with Gasteiger partial charge in [0.25, 0.3) is 0 Å². The van der Waals surface area contributed by atoms with Crippen molar-refractivity contribution in [3.05, 3.63) is 46.5 Å². The zero-order valence-corrected chi connectivity index (χ0v) is 21.5. The lowest BCUT2D eigenvalue weighted by Crippen LogP contribution is -2.29. The van der Waals surface area contributed by atoms with Crippen molar-refractivity contribution in [1.29, 1.82) is 0 Å². The average molecular weight is 519 g/mol. The van der Waals surface area contributed by atoms with Crippen LogP contribution in [-0.4, -0.2) is 47.7 Å². The van der Waals surface area contributed by atoms with Gasteiger partial charge in [0.2, 0.25) is 0 Å². The minimum Gasteiger partial charge on any atom is -0.493 e. The molecule has 3 aromatic rings. The normalized spacial score (nSPS) is 22.1. The number of benzene rings is 2. The number of anilines is 2. The van der Waals surface area contributed by atoms with E-state index in [2.05, 4.69) is 34.0 Å². The number of likely N-dealkylation sites (tertiary alicyclic amines) is 1. The Kier molecular flexibility index (Phi) is 6.93. The minimum atomic E-state index is -0.643. The summed E-state index contributed by atoms with van der Waals surface area (Å²) in [5.41, 5.74) is 0.830. The number of methoxy groups -OCH3 is 1. The fourth-order valence-corrected chi connectivity index (χ4v) is 5.72. The third-order valence-electron chi connectivity index (χ3n) is 7.29. The van der Waals surface area contributed by atoms with Gasteiger partial charge in [-0.05, 0) is 62.6 Å². The monoisotopic (exact) mass is 518 g/mol. The summed E-state index contributed by atoms with van der Waals surface area (Å²) in [6.45, 7) is 7.61. The number of fused-ring (bicyclic) bond motifs is 2. The largest absolute Gasteiger partial charge is 0.493 e. The van der Waals surface area contributed by atoms with Crippen molar-refractivity contribution >= 4 is 45.6 Å². The van der Waals surface area contributed by atoms with Crippen molar-refractivity contribution in [3.63, 3.8) is 0 Å². The van der Waals surface area contributed by atoms with E-state index in [1.165, 1.54) is 44.4 Å². The van der Waals surface area contributed by atoms with Crippen LogP contribution in [0.5, 0.6) is 11.5 Å². The van der Waals surface area contributed by atoms with Gasteiger partial charge in [0, 0.05) is 30.6 Å². The average Bonchev–Trinajstić information content (AvgIpc) is 3.42. The number of ether oxygens (including phenoxy) is 2. The summed E-state index contributed by atoms with van der Waals surface area (Å²) in [6, 6.07) is 7.33. The SMILES string of the molecule is COc1cc2c(Nc3ccc(Cl)c(Cl)c3F)ncnc2cc1OCC1CC2CN(C(C)C)CC2C1. The summed E-state index contributed by atoms with van der Waals surface area (Å²) in [5.74, 6) is 3.09. The van der Waals surface area contributed by atoms with E-state index in [-0.39, 0.29) is 15.7 Å². The summed E-state index contributed by atoms with van der Waals surface area (Å²) in [4.78, 5) is 11.3. The third-order valence-corrected chi connectivity index (χ3v) is 8.07. The van der Waals surface area contributed by atoms with Crippen LogP contribution in [0, 0.1) is 23.6 Å². The van der Waals surface area contributed by atoms with E-state index in [1.54, 1.807) is 7.11 Å². The number of aromatic nitrogens is 2. The van der Waals surface area contributed by atoms with Crippen molar-refractivity contribution in [1.82, 2.24) is 14.9 Å². The molecule has 35 heavy (non-hydrogen) atoms. The molecule has 1 aliphatic carbocycles.